The van der Waals surface area contributed by atoms with Crippen molar-refractivity contribution in [3.63, 3.8) is 0 Å². The van der Waals surface area contributed by atoms with E-state index in [0.29, 0.717) is 11.1 Å². The Balaban J connectivity index is 1.74. The number of aryl methyl sites for hydroxylation is 1. The van der Waals surface area contributed by atoms with E-state index in [1.165, 1.54) is 6.07 Å². The fourth-order valence-electron chi connectivity index (χ4n) is 2.49. The lowest BCUT2D eigenvalue weighted by Crippen LogP contribution is -2.23. The third-order valence-corrected chi connectivity index (χ3v) is 3.94. The number of para-hydroxylation sites is 1. The first-order chi connectivity index (χ1) is 11.6. The van der Waals surface area contributed by atoms with Crippen LogP contribution >= 0.6 is 0 Å². The molecule has 0 radical (unpaired) electrons. The van der Waals surface area contributed by atoms with E-state index in [4.69, 9.17) is 0 Å². The third-order valence-electron chi connectivity index (χ3n) is 3.94. The first-order valence-electron chi connectivity index (χ1n) is 7.69. The van der Waals surface area contributed by atoms with Crippen LogP contribution in [0.2, 0.25) is 0 Å². The largest absolute Gasteiger partial charge is 0.348 e. The van der Waals surface area contributed by atoms with Gasteiger partial charge in [0.05, 0.1) is 23.1 Å². The molecule has 0 bridgehead atoms. The zero-order chi connectivity index (χ0) is 17.1. The molecule has 0 saturated heterocycles. The molecule has 0 atom stereocenters. The van der Waals surface area contributed by atoms with Crippen LogP contribution in [0.4, 0.5) is 4.39 Å². The van der Waals surface area contributed by atoms with Crippen molar-refractivity contribution in [2.24, 2.45) is 0 Å². The second-order valence-electron chi connectivity index (χ2n) is 5.66. The number of carbonyl (C=O) groups is 1. The lowest BCUT2D eigenvalue weighted by molar-refractivity contribution is 0.0950. The van der Waals surface area contributed by atoms with E-state index >= 15 is 0 Å². The molecule has 0 aliphatic rings. The minimum atomic E-state index is -0.269. The Morgan fingerprint density at radius 2 is 1.92 bits per heavy atom. The summed E-state index contributed by atoms with van der Waals surface area (Å²) < 4.78 is 15.3. The molecule has 1 heterocycles. The molecule has 1 amide bonds. The lowest BCUT2D eigenvalue weighted by atomic mass is 10.1. The van der Waals surface area contributed by atoms with Gasteiger partial charge in [-0.1, -0.05) is 30.3 Å². The van der Waals surface area contributed by atoms with Crippen molar-refractivity contribution in [1.29, 1.82) is 0 Å². The lowest BCUT2D eigenvalue weighted by Gasteiger charge is -2.07. The molecule has 0 aliphatic heterocycles. The van der Waals surface area contributed by atoms with E-state index in [1.54, 1.807) is 29.9 Å². The van der Waals surface area contributed by atoms with E-state index in [1.807, 2.05) is 37.3 Å². The fraction of sp³-hybridized carbons (Fsp3) is 0.158. The number of nitrogens with zero attached hydrogens (tertiary/aromatic N) is 2. The van der Waals surface area contributed by atoms with Crippen molar-refractivity contribution >= 4 is 5.91 Å². The Morgan fingerprint density at radius 1 is 1.17 bits per heavy atom. The maximum atomic E-state index is 13.6. The van der Waals surface area contributed by atoms with Gasteiger partial charge in [0.2, 0.25) is 0 Å². The van der Waals surface area contributed by atoms with Gasteiger partial charge < -0.3 is 5.32 Å². The first-order valence-corrected chi connectivity index (χ1v) is 7.69. The van der Waals surface area contributed by atoms with Gasteiger partial charge in [-0.2, -0.15) is 5.10 Å². The van der Waals surface area contributed by atoms with Gasteiger partial charge in [-0.25, -0.2) is 9.07 Å². The summed E-state index contributed by atoms with van der Waals surface area (Å²) in [5.74, 6) is -0.495. The second kappa shape index (κ2) is 6.66. The molecule has 0 unspecified atom stereocenters. The Hall–Kier alpha value is -2.95. The molecule has 3 aromatic rings. The van der Waals surface area contributed by atoms with Gasteiger partial charge in [-0.05, 0) is 43.2 Å². The van der Waals surface area contributed by atoms with E-state index in [9.17, 15) is 9.18 Å². The average Bonchev–Trinajstić information content (AvgIpc) is 2.98. The van der Waals surface area contributed by atoms with Crippen molar-refractivity contribution in [2.75, 3.05) is 0 Å². The molecule has 0 aliphatic carbocycles. The van der Waals surface area contributed by atoms with Crippen LogP contribution in [0.15, 0.2) is 54.7 Å². The molecule has 3 rings (SSSR count). The standard InChI is InChI=1S/C19H18FN3O/c1-13-8-9-15(10-18(13)20)11-21-19(24)17-12-22-23(14(17)2)16-6-4-3-5-7-16/h3-10,12H,11H2,1-2H3,(H,21,24). The Bertz CT molecular complexity index is 872. The molecule has 0 spiro atoms. The molecule has 24 heavy (non-hydrogen) atoms. The van der Waals surface area contributed by atoms with Crippen LogP contribution in [0.1, 0.15) is 27.2 Å². The SMILES string of the molecule is Cc1ccc(CNC(=O)c2cnn(-c3ccccc3)c2C)cc1F. The van der Waals surface area contributed by atoms with Crippen LogP contribution in [0.5, 0.6) is 0 Å². The Kier molecular flexibility index (Phi) is 4.42. The number of hydrogen-bond donors (Lipinski definition) is 1. The quantitative estimate of drug-likeness (QED) is 0.798. The summed E-state index contributed by atoms with van der Waals surface area (Å²) in [4.78, 5) is 12.4. The summed E-state index contributed by atoms with van der Waals surface area (Å²) in [6.07, 6.45) is 1.55. The number of rotatable bonds is 4. The van der Waals surface area contributed by atoms with Crippen molar-refractivity contribution in [1.82, 2.24) is 15.1 Å². The van der Waals surface area contributed by atoms with Crippen molar-refractivity contribution in [2.45, 2.75) is 20.4 Å². The maximum Gasteiger partial charge on any atom is 0.255 e. The number of carbonyl (C=O) groups excluding carboxylic acids is 1. The van der Waals surface area contributed by atoms with Gasteiger partial charge in [-0.15, -0.1) is 0 Å². The second-order valence-corrected chi connectivity index (χ2v) is 5.66. The normalized spacial score (nSPS) is 10.6. The van der Waals surface area contributed by atoms with Gasteiger partial charge in [0.1, 0.15) is 5.82 Å². The van der Waals surface area contributed by atoms with Crippen LogP contribution in [-0.4, -0.2) is 15.7 Å². The van der Waals surface area contributed by atoms with E-state index in [-0.39, 0.29) is 18.3 Å². The minimum absolute atomic E-state index is 0.226. The maximum absolute atomic E-state index is 13.6. The molecule has 5 heteroatoms. The average molecular weight is 323 g/mol. The number of hydrogen-bond acceptors (Lipinski definition) is 2. The molecule has 1 N–H and O–H groups in total. The van der Waals surface area contributed by atoms with E-state index in [0.717, 1.165) is 16.9 Å². The first kappa shape index (κ1) is 15.9. The minimum Gasteiger partial charge on any atom is -0.348 e. The number of aromatic nitrogens is 2. The highest BCUT2D eigenvalue weighted by atomic mass is 19.1. The van der Waals surface area contributed by atoms with Crippen LogP contribution in [0, 0.1) is 19.7 Å². The highest BCUT2D eigenvalue weighted by molar-refractivity contribution is 5.95. The number of benzene rings is 2. The summed E-state index contributed by atoms with van der Waals surface area (Å²) >= 11 is 0. The van der Waals surface area contributed by atoms with Crippen LogP contribution in [0.25, 0.3) is 5.69 Å². The zero-order valence-electron chi connectivity index (χ0n) is 13.6. The number of nitrogens with one attached hydrogen (secondary N) is 1. The number of amides is 1. The van der Waals surface area contributed by atoms with Crippen LogP contribution < -0.4 is 5.32 Å². The molecule has 0 fully saturated rings. The Morgan fingerprint density at radius 3 is 2.62 bits per heavy atom. The van der Waals surface area contributed by atoms with Crippen molar-refractivity contribution < 1.29 is 9.18 Å². The van der Waals surface area contributed by atoms with Gasteiger partial charge in [-0.3, -0.25) is 4.79 Å². The van der Waals surface area contributed by atoms with Crippen LogP contribution in [0.3, 0.4) is 0 Å². The molecule has 2 aromatic carbocycles. The highest BCUT2D eigenvalue weighted by Crippen LogP contribution is 2.14. The monoisotopic (exact) mass is 323 g/mol. The fourth-order valence-corrected chi connectivity index (χ4v) is 2.49. The predicted octanol–water partition coefficient (Wildman–Crippen LogP) is 3.56. The summed E-state index contributed by atoms with van der Waals surface area (Å²) in [7, 11) is 0. The summed E-state index contributed by atoms with van der Waals surface area (Å²) in [6.45, 7) is 3.82. The summed E-state index contributed by atoms with van der Waals surface area (Å²) in [6, 6.07) is 14.6. The number of halogens is 1. The molecular formula is C19H18FN3O. The molecular weight excluding hydrogens is 305 g/mol. The molecule has 122 valence electrons. The van der Waals surface area contributed by atoms with Gasteiger partial charge in [0.15, 0.2) is 0 Å². The van der Waals surface area contributed by atoms with Gasteiger partial charge >= 0.3 is 0 Å². The van der Waals surface area contributed by atoms with E-state index in [2.05, 4.69) is 10.4 Å². The van der Waals surface area contributed by atoms with Crippen LogP contribution in [-0.2, 0) is 6.54 Å². The zero-order valence-corrected chi connectivity index (χ0v) is 13.6. The van der Waals surface area contributed by atoms with Gasteiger partial charge in [0, 0.05) is 6.54 Å². The Labute approximate surface area is 139 Å². The van der Waals surface area contributed by atoms with Gasteiger partial charge in [0.25, 0.3) is 5.91 Å². The smallest absolute Gasteiger partial charge is 0.255 e. The third kappa shape index (κ3) is 3.20. The topological polar surface area (TPSA) is 46.9 Å². The summed E-state index contributed by atoms with van der Waals surface area (Å²) in [5, 5.41) is 7.09. The van der Waals surface area contributed by atoms with Crippen molar-refractivity contribution in [3.05, 3.63) is 82.9 Å². The predicted molar refractivity (Wildman–Crippen MR) is 90.6 cm³/mol. The highest BCUT2D eigenvalue weighted by Gasteiger charge is 2.15. The molecule has 1 aromatic heterocycles. The summed E-state index contributed by atoms with van der Waals surface area (Å²) in [5.41, 5.74) is 3.47. The molecule has 4 nitrogen and oxygen atoms in total. The van der Waals surface area contributed by atoms with E-state index < -0.39 is 0 Å². The van der Waals surface area contributed by atoms with Crippen molar-refractivity contribution in [3.8, 4) is 5.69 Å². The molecule has 0 saturated carbocycles.